The van der Waals surface area contributed by atoms with E-state index in [4.69, 9.17) is 0 Å². The molecule has 0 atom stereocenters. The Labute approximate surface area is 181 Å². The van der Waals surface area contributed by atoms with Gasteiger partial charge >= 0.3 is 0 Å². The molecule has 1 rings (SSSR count). The van der Waals surface area contributed by atoms with Crippen molar-refractivity contribution in [2.75, 3.05) is 6.54 Å². The number of rotatable bonds is 15. The third-order valence-corrected chi connectivity index (χ3v) is 4.52. The van der Waals surface area contributed by atoms with Gasteiger partial charge in [0.05, 0.1) is 0 Å². The molecule has 0 saturated heterocycles. The Morgan fingerprint density at radius 1 is 0.867 bits per heavy atom. The van der Waals surface area contributed by atoms with Gasteiger partial charge in [0, 0.05) is 13.0 Å². The first-order valence-electron chi connectivity index (χ1n) is 11.0. The SMILES string of the molecule is CC/C=C\C/C=C\C/C=C\C/C=C\CCCCC(=O)NCCc1ccc(O)c(O)c1. The lowest BCUT2D eigenvalue weighted by atomic mass is 10.1. The number of benzene rings is 1. The summed E-state index contributed by atoms with van der Waals surface area (Å²) in [6, 6.07) is 4.72. The maximum Gasteiger partial charge on any atom is 0.220 e. The monoisotopic (exact) mass is 411 g/mol. The highest BCUT2D eigenvalue weighted by molar-refractivity contribution is 5.75. The summed E-state index contributed by atoms with van der Waals surface area (Å²) in [6.07, 6.45) is 25.6. The molecule has 0 aromatic heterocycles. The number of hydrogen-bond donors (Lipinski definition) is 3. The fraction of sp³-hybridized carbons (Fsp3) is 0.423. The van der Waals surface area contributed by atoms with Crippen LogP contribution < -0.4 is 5.32 Å². The highest BCUT2D eigenvalue weighted by Gasteiger charge is 2.03. The molecule has 1 amide bonds. The van der Waals surface area contributed by atoms with Crippen molar-refractivity contribution in [1.82, 2.24) is 5.32 Å². The van der Waals surface area contributed by atoms with Crippen LogP contribution in [0.4, 0.5) is 0 Å². The topological polar surface area (TPSA) is 69.6 Å². The molecule has 164 valence electrons. The van der Waals surface area contributed by atoms with Crippen LogP contribution in [0.15, 0.2) is 66.8 Å². The van der Waals surface area contributed by atoms with Gasteiger partial charge < -0.3 is 15.5 Å². The minimum absolute atomic E-state index is 0.0585. The van der Waals surface area contributed by atoms with Gasteiger partial charge in [-0.05, 0) is 69.1 Å². The summed E-state index contributed by atoms with van der Waals surface area (Å²) in [4.78, 5) is 11.9. The molecular weight excluding hydrogens is 374 g/mol. The fourth-order valence-electron chi connectivity index (χ4n) is 2.80. The number of carbonyl (C=O) groups is 1. The number of allylic oxidation sites excluding steroid dienone is 8. The van der Waals surface area contributed by atoms with Gasteiger partial charge in [-0.25, -0.2) is 0 Å². The van der Waals surface area contributed by atoms with E-state index in [9.17, 15) is 15.0 Å². The highest BCUT2D eigenvalue weighted by atomic mass is 16.3. The van der Waals surface area contributed by atoms with Crippen LogP contribution in [0.2, 0.25) is 0 Å². The summed E-state index contributed by atoms with van der Waals surface area (Å²) < 4.78 is 0. The lowest BCUT2D eigenvalue weighted by molar-refractivity contribution is -0.121. The van der Waals surface area contributed by atoms with E-state index in [1.807, 2.05) is 0 Å². The minimum atomic E-state index is -0.130. The first-order chi connectivity index (χ1) is 14.6. The molecule has 0 spiro atoms. The normalized spacial score (nSPS) is 12.0. The molecule has 4 heteroatoms. The number of aromatic hydroxyl groups is 2. The van der Waals surface area contributed by atoms with Crippen molar-refractivity contribution in [2.24, 2.45) is 0 Å². The number of nitrogens with one attached hydrogen (secondary N) is 1. The quantitative estimate of drug-likeness (QED) is 0.185. The molecule has 3 N–H and O–H groups in total. The molecule has 0 bridgehead atoms. The highest BCUT2D eigenvalue weighted by Crippen LogP contribution is 2.24. The van der Waals surface area contributed by atoms with Crippen LogP contribution in [-0.4, -0.2) is 22.7 Å². The number of hydrogen-bond acceptors (Lipinski definition) is 3. The molecule has 0 fully saturated rings. The largest absolute Gasteiger partial charge is 0.504 e. The van der Waals surface area contributed by atoms with Crippen molar-refractivity contribution < 1.29 is 15.0 Å². The Bertz CT molecular complexity index is 717. The second-order valence-electron chi connectivity index (χ2n) is 7.17. The number of carbonyl (C=O) groups excluding carboxylic acids is 1. The zero-order chi connectivity index (χ0) is 21.9. The number of phenolic OH excluding ortho intramolecular Hbond substituents is 2. The molecular formula is C26H37NO3. The van der Waals surface area contributed by atoms with Gasteiger partial charge in [0.2, 0.25) is 5.91 Å². The standard InChI is InChI=1S/C26H37NO3/c1-2-3-4-5-6-7-8-9-10-11-12-13-14-15-16-17-26(30)27-21-20-23-18-19-24(28)25(29)22-23/h3-4,6-7,9-10,12-13,18-19,22,28-29H,2,5,8,11,14-17,20-21H2,1H3,(H,27,30)/b4-3-,7-6-,10-9-,13-12-. The number of amides is 1. The number of unbranched alkanes of at least 4 members (excludes halogenated alkanes) is 2. The van der Waals surface area contributed by atoms with Gasteiger partial charge in [0.1, 0.15) is 0 Å². The summed E-state index contributed by atoms with van der Waals surface area (Å²) in [7, 11) is 0. The predicted octanol–water partition coefficient (Wildman–Crippen LogP) is 6.12. The average Bonchev–Trinajstić information content (AvgIpc) is 2.73. The zero-order valence-electron chi connectivity index (χ0n) is 18.2. The predicted molar refractivity (Wildman–Crippen MR) is 126 cm³/mol. The van der Waals surface area contributed by atoms with Gasteiger partial charge in [0.25, 0.3) is 0 Å². The third-order valence-electron chi connectivity index (χ3n) is 4.52. The summed E-state index contributed by atoms with van der Waals surface area (Å²) >= 11 is 0. The molecule has 30 heavy (non-hydrogen) atoms. The van der Waals surface area contributed by atoms with Crippen LogP contribution in [0.1, 0.15) is 63.9 Å². The van der Waals surface area contributed by atoms with E-state index in [-0.39, 0.29) is 17.4 Å². The van der Waals surface area contributed by atoms with Crippen molar-refractivity contribution in [3.8, 4) is 11.5 Å². The smallest absolute Gasteiger partial charge is 0.220 e. The minimum Gasteiger partial charge on any atom is -0.504 e. The lowest BCUT2D eigenvalue weighted by Gasteiger charge is -2.06. The molecule has 1 aromatic carbocycles. The van der Waals surface area contributed by atoms with Crippen molar-refractivity contribution in [3.05, 3.63) is 72.4 Å². The molecule has 0 aliphatic heterocycles. The van der Waals surface area contributed by atoms with Crippen molar-refractivity contribution >= 4 is 5.91 Å². The maximum absolute atomic E-state index is 11.9. The van der Waals surface area contributed by atoms with E-state index in [0.717, 1.165) is 50.5 Å². The second kappa shape index (κ2) is 17.1. The summed E-state index contributed by atoms with van der Waals surface area (Å²) in [5.41, 5.74) is 0.880. The van der Waals surface area contributed by atoms with E-state index in [1.165, 1.54) is 12.1 Å². The molecule has 0 radical (unpaired) electrons. The molecule has 1 aromatic rings. The van der Waals surface area contributed by atoms with Gasteiger partial charge in [-0.1, -0.05) is 61.6 Å². The van der Waals surface area contributed by atoms with E-state index in [2.05, 4.69) is 60.8 Å². The average molecular weight is 412 g/mol. The van der Waals surface area contributed by atoms with Crippen molar-refractivity contribution in [1.29, 1.82) is 0 Å². The number of phenols is 2. The lowest BCUT2D eigenvalue weighted by Crippen LogP contribution is -2.25. The van der Waals surface area contributed by atoms with E-state index >= 15 is 0 Å². The van der Waals surface area contributed by atoms with Crippen molar-refractivity contribution in [3.63, 3.8) is 0 Å². The first kappa shape index (κ1) is 25.3. The maximum atomic E-state index is 11.9. The Balaban J connectivity index is 1.98. The Hall–Kier alpha value is -2.75. The third kappa shape index (κ3) is 13.4. The van der Waals surface area contributed by atoms with Gasteiger partial charge in [-0.15, -0.1) is 0 Å². The first-order valence-corrected chi connectivity index (χ1v) is 11.0. The Morgan fingerprint density at radius 3 is 2.13 bits per heavy atom. The van der Waals surface area contributed by atoms with Crippen LogP contribution in [0.5, 0.6) is 11.5 Å². The Morgan fingerprint density at radius 2 is 1.50 bits per heavy atom. The molecule has 0 aliphatic rings. The molecule has 4 nitrogen and oxygen atoms in total. The van der Waals surface area contributed by atoms with Crippen LogP contribution in [0, 0.1) is 0 Å². The summed E-state index contributed by atoms with van der Waals surface area (Å²) in [5.74, 6) is -0.200. The molecule has 0 saturated carbocycles. The van der Waals surface area contributed by atoms with Crippen LogP contribution in [-0.2, 0) is 11.2 Å². The fourth-order valence-corrected chi connectivity index (χ4v) is 2.80. The Kier molecular flexibility index (Phi) is 14.4. The van der Waals surface area contributed by atoms with Gasteiger partial charge in [-0.3, -0.25) is 4.79 Å². The van der Waals surface area contributed by atoms with Crippen LogP contribution in [0.3, 0.4) is 0 Å². The summed E-state index contributed by atoms with van der Waals surface area (Å²) in [6.45, 7) is 2.67. The van der Waals surface area contributed by atoms with Crippen LogP contribution in [0.25, 0.3) is 0 Å². The summed E-state index contributed by atoms with van der Waals surface area (Å²) in [5, 5.41) is 21.6. The van der Waals surface area contributed by atoms with Crippen molar-refractivity contribution in [2.45, 2.75) is 64.7 Å². The molecule has 0 heterocycles. The van der Waals surface area contributed by atoms with E-state index < -0.39 is 0 Å². The van der Waals surface area contributed by atoms with E-state index in [0.29, 0.717) is 19.4 Å². The van der Waals surface area contributed by atoms with Gasteiger partial charge in [0.15, 0.2) is 11.5 Å². The molecule has 0 unspecified atom stereocenters. The molecule has 0 aliphatic carbocycles. The van der Waals surface area contributed by atoms with Crippen LogP contribution >= 0.6 is 0 Å². The van der Waals surface area contributed by atoms with E-state index in [1.54, 1.807) is 6.07 Å². The zero-order valence-corrected chi connectivity index (χ0v) is 18.2. The van der Waals surface area contributed by atoms with Gasteiger partial charge in [-0.2, -0.15) is 0 Å². The second-order valence-corrected chi connectivity index (χ2v) is 7.17.